The van der Waals surface area contributed by atoms with Crippen molar-refractivity contribution in [1.82, 2.24) is 0 Å². The quantitative estimate of drug-likeness (QED) is 0.546. The standard InChI is InChI=1S/C10H10N2O3/c1-11-7-15-10-6-8(2-3-9(10)11)4-5-12(13)14/h2-6H,7H2,1H3/b5-4+. The van der Waals surface area contributed by atoms with Gasteiger partial charge in [-0.25, -0.2) is 0 Å². The number of hydrogen-bond donors (Lipinski definition) is 0. The van der Waals surface area contributed by atoms with E-state index in [4.69, 9.17) is 4.74 Å². The molecule has 78 valence electrons. The van der Waals surface area contributed by atoms with Crippen molar-refractivity contribution < 1.29 is 9.66 Å². The number of anilines is 1. The zero-order chi connectivity index (χ0) is 10.8. The van der Waals surface area contributed by atoms with Crippen LogP contribution in [0.1, 0.15) is 5.56 Å². The van der Waals surface area contributed by atoms with E-state index >= 15 is 0 Å². The number of rotatable bonds is 2. The van der Waals surface area contributed by atoms with Crippen LogP contribution in [0.25, 0.3) is 6.08 Å². The van der Waals surface area contributed by atoms with Crippen molar-refractivity contribution in [3.05, 3.63) is 40.1 Å². The van der Waals surface area contributed by atoms with E-state index in [1.54, 1.807) is 6.07 Å². The van der Waals surface area contributed by atoms with E-state index in [0.29, 0.717) is 6.73 Å². The van der Waals surface area contributed by atoms with Crippen molar-refractivity contribution >= 4 is 11.8 Å². The first-order valence-electron chi connectivity index (χ1n) is 4.46. The summed E-state index contributed by atoms with van der Waals surface area (Å²) >= 11 is 0. The van der Waals surface area contributed by atoms with Gasteiger partial charge in [-0.15, -0.1) is 0 Å². The van der Waals surface area contributed by atoms with Crippen LogP contribution in [0, 0.1) is 10.1 Å². The summed E-state index contributed by atoms with van der Waals surface area (Å²) in [6.07, 6.45) is 2.36. The van der Waals surface area contributed by atoms with Gasteiger partial charge in [-0.05, 0) is 17.7 Å². The Hall–Kier alpha value is -2.04. The Labute approximate surface area is 86.7 Å². The molecule has 0 saturated carbocycles. The van der Waals surface area contributed by atoms with Gasteiger partial charge in [0.05, 0.1) is 10.6 Å². The lowest BCUT2D eigenvalue weighted by Gasteiger charge is -2.06. The lowest BCUT2D eigenvalue weighted by Crippen LogP contribution is -2.14. The Balaban J connectivity index is 2.27. The zero-order valence-electron chi connectivity index (χ0n) is 8.21. The smallest absolute Gasteiger partial charge is 0.235 e. The fourth-order valence-corrected chi connectivity index (χ4v) is 1.45. The van der Waals surface area contributed by atoms with Gasteiger partial charge in [-0.3, -0.25) is 10.1 Å². The topological polar surface area (TPSA) is 55.6 Å². The average molecular weight is 206 g/mol. The van der Waals surface area contributed by atoms with Crippen molar-refractivity contribution in [3.63, 3.8) is 0 Å². The third-order valence-electron chi connectivity index (χ3n) is 2.20. The number of benzene rings is 1. The van der Waals surface area contributed by atoms with Crippen LogP contribution < -0.4 is 9.64 Å². The molecule has 1 heterocycles. The molecule has 1 aliphatic rings. The SMILES string of the molecule is CN1COc2cc(/C=C/[N+](=O)[O-])ccc21. The minimum absolute atomic E-state index is 0.486. The minimum atomic E-state index is -0.486. The summed E-state index contributed by atoms with van der Waals surface area (Å²) in [5.74, 6) is 0.767. The molecule has 0 atom stereocenters. The molecule has 5 nitrogen and oxygen atoms in total. The van der Waals surface area contributed by atoms with E-state index in [-0.39, 0.29) is 0 Å². The van der Waals surface area contributed by atoms with Crippen LogP contribution in [0.2, 0.25) is 0 Å². The van der Waals surface area contributed by atoms with Gasteiger partial charge in [-0.1, -0.05) is 6.07 Å². The van der Waals surface area contributed by atoms with Crippen LogP contribution in [0.5, 0.6) is 5.75 Å². The van der Waals surface area contributed by atoms with Gasteiger partial charge in [0.1, 0.15) is 5.75 Å². The predicted molar refractivity (Wildman–Crippen MR) is 56.4 cm³/mol. The molecule has 0 fully saturated rings. The van der Waals surface area contributed by atoms with Gasteiger partial charge < -0.3 is 9.64 Å². The van der Waals surface area contributed by atoms with Crippen molar-refractivity contribution in [2.75, 3.05) is 18.7 Å². The maximum absolute atomic E-state index is 10.1. The Morgan fingerprint density at radius 1 is 1.60 bits per heavy atom. The molecular weight excluding hydrogens is 196 g/mol. The first-order valence-corrected chi connectivity index (χ1v) is 4.46. The largest absolute Gasteiger partial charge is 0.471 e. The number of nitrogens with zero attached hydrogens (tertiary/aromatic N) is 2. The summed E-state index contributed by atoms with van der Waals surface area (Å²) in [6, 6.07) is 5.50. The summed E-state index contributed by atoms with van der Waals surface area (Å²) in [7, 11) is 1.93. The fourth-order valence-electron chi connectivity index (χ4n) is 1.45. The highest BCUT2D eigenvalue weighted by Crippen LogP contribution is 2.33. The molecule has 0 bridgehead atoms. The lowest BCUT2D eigenvalue weighted by molar-refractivity contribution is -0.400. The molecule has 0 aromatic heterocycles. The Morgan fingerprint density at radius 2 is 2.40 bits per heavy atom. The van der Waals surface area contributed by atoms with Crippen LogP contribution >= 0.6 is 0 Å². The van der Waals surface area contributed by atoms with E-state index in [1.807, 2.05) is 24.1 Å². The van der Waals surface area contributed by atoms with Crippen LogP contribution in [-0.2, 0) is 0 Å². The van der Waals surface area contributed by atoms with Crippen LogP contribution in [0.3, 0.4) is 0 Å². The molecule has 2 rings (SSSR count). The van der Waals surface area contributed by atoms with Crippen LogP contribution in [0.4, 0.5) is 5.69 Å². The highest BCUT2D eigenvalue weighted by Gasteiger charge is 2.16. The first-order chi connectivity index (χ1) is 7.16. The number of hydrogen-bond acceptors (Lipinski definition) is 4. The summed E-state index contributed by atoms with van der Waals surface area (Å²) in [6.45, 7) is 0.526. The van der Waals surface area contributed by atoms with E-state index in [0.717, 1.165) is 23.2 Å². The Bertz CT molecular complexity index is 429. The second kappa shape index (κ2) is 3.61. The molecule has 5 heteroatoms. The van der Waals surface area contributed by atoms with Gasteiger partial charge in [-0.2, -0.15) is 0 Å². The highest BCUT2D eigenvalue weighted by atomic mass is 16.6. The maximum Gasteiger partial charge on any atom is 0.235 e. The van der Waals surface area contributed by atoms with Gasteiger partial charge >= 0.3 is 0 Å². The van der Waals surface area contributed by atoms with Gasteiger partial charge in [0.15, 0.2) is 6.73 Å². The monoisotopic (exact) mass is 206 g/mol. The molecule has 0 amide bonds. The van der Waals surface area contributed by atoms with Gasteiger partial charge in [0.2, 0.25) is 6.20 Å². The van der Waals surface area contributed by atoms with Crippen molar-refractivity contribution in [2.45, 2.75) is 0 Å². The summed E-state index contributed by atoms with van der Waals surface area (Å²) in [5.41, 5.74) is 1.77. The fraction of sp³-hybridized carbons (Fsp3) is 0.200. The summed E-state index contributed by atoms with van der Waals surface area (Å²) < 4.78 is 5.38. The van der Waals surface area contributed by atoms with E-state index in [9.17, 15) is 10.1 Å². The van der Waals surface area contributed by atoms with Gasteiger partial charge in [0.25, 0.3) is 0 Å². The first kappa shape index (κ1) is 9.51. The molecule has 1 aromatic rings. The number of nitro groups is 1. The van der Waals surface area contributed by atoms with Crippen molar-refractivity contribution in [2.24, 2.45) is 0 Å². The Morgan fingerprint density at radius 3 is 3.13 bits per heavy atom. The molecule has 1 aromatic carbocycles. The minimum Gasteiger partial charge on any atom is -0.471 e. The third-order valence-corrected chi connectivity index (χ3v) is 2.20. The molecule has 0 saturated heterocycles. The van der Waals surface area contributed by atoms with E-state index < -0.39 is 4.92 Å². The number of ether oxygens (including phenoxy) is 1. The van der Waals surface area contributed by atoms with E-state index in [1.165, 1.54) is 6.08 Å². The zero-order valence-corrected chi connectivity index (χ0v) is 8.21. The van der Waals surface area contributed by atoms with E-state index in [2.05, 4.69) is 0 Å². The molecule has 1 aliphatic heterocycles. The molecule has 0 radical (unpaired) electrons. The van der Waals surface area contributed by atoms with Crippen LogP contribution in [-0.4, -0.2) is 18.7 Å². The molecule has 0 spiro atoms. The Kier molecular flexibility index (Phi) is 2.29. The van der Waals surface area contributed by atoms with Crippen molar-refractivity contribution in [3.8, 4) is 5.75 Å². The molecule has 15 heavy (non-hydrogen) atoms. The molecule has 0 unspecified atom stereocenters. The molecule has 0 aliphatic carbocycles. The molecule has 0 N–H and O–H groups in total. The maximum atomic E-state index is 10.1. The summed E-state index contributed by atoms with van der Waals surface area (Å²) in [5, 5.41) is 10.1. The third kappa shape index (κ3) is 1.90. The normalized spacial score (nSPS) is 14.1. The summed E-state index contributed by atoms with van der Waals surface area (Å²) in [4.78, 5) is 11.6. The second-order valence-electron chi connectivity index (χ2n) is 3.30. The predicted octanol–water partition coefficient (Wildman–Crippen LogP) is 1.72. The highest BCUT2D eigenvalue weighted by molar-refractivity contribution is 5.65. The molecular formula is C10H10N2O3. The second-order valence-corrected chi connectivity index (χ2v) is 3.30. The van der Waals surface area contributed by atoms with Crippen LogP contribution in [0.15, 0.2) is 24.4 Å². The number of fused-ring (bicyclic) bond motifs is 1. The lowest BCUT2D eigenvalue weighted by atomic mass is 10.2. The average Bonchev–Trinajstić information content (AvgIpc) is 2.57. The van der Waals surface area contributed by atoms with Crippen molar-refractivity contribution in [1.29, 1.82) is 0 Å². The van der Waals surface area contributed by atoms with Gasteiger partial charge in [0, 0.05) is 13.1 Å².